The third kappa shape index (κ3) is 2.90. The lowest BCUT2D eigenvalue weighted by molar-refractivity contribution is 0.158. The van der Waals surface area contributed by atoms with E-state index in [1.807, 2.05) is 30.3 Å². The van der Waals surface area contributed by atoms with Crippen molar-refractivity contribution in [3.63, 3.8) is 0 Å². The van der Waals surface area contributed by atoms with Crippen LogP contribution in [-0.4, -0.2) is 25.5 Å². The van der Waals surface area contributed by atoms with Gasteiger partial charge in [-0.3, -0.25) is 0 Å². The lowest BCUT2D eigenvalue weighted by Crippen LogP contribution is -2.46. The number of nitrogens with one attached hydrogen (secondary N) is 1. The number of fused-ring (bicyclic) bond motifs is 3. The van der Waals surface area contributed by atoms with E-state index < -0.39 is 0 Å². The SMILES string of the molecule is Fc1ccc([C@H]2C[C@H]3CC[C@H](N3)[C@@H]2COc2ccc3c(c2)OCO3)cc1. The van der Waals surface area contributed by atoms with E-state index in [4.69, 9.17) is 14.2 Å². The molecule has 0 radical (unpaired) electrons. The molecule has 3 heterocycles. The first-order valence-corrected chi connectivity index (χ1v) is 9.30. The highest BCUT2D eigenvalue weighted by Crippen LogP contribution is 2.42. The maximum absolute atomic E-state index is 13.3. The molecule has 1 N–H and O–H groups in total. The van der Waals surface area contributed by atoms with Crippen LogP contribution in [0.25, 0.3) is 0 Å². The number of benzene rings is 2. The molecule has 3 aliphatic rings. The van der Waals surface area contributed by atoms with Crippen molar-refractivity contribution in [1.82, 2.24) is 5.32 Å². The van der Waals surface area contributed by atoms with E-state index in [2.05, 4.69) is 5.32 Å². The van der Waals surface area contributed by atoms with E-state index >= 15 is 0 Å². The Hall–Kier alpha value is -2.27. The Morgan fingerprint density at radius 3 is 2.77 bits per heavy atom. The lowest BCUT2D eigenvalue weighted by Gasteiger charge is -2.38. The predicted octanol–water partition coefficient (Wildman–Crippen LogP) is 3.86. The Morgan fingerprint density at radius 2 is 1.88 bits per heavy atom. The zero-order valence-electron chi connectivity index (χ0n) is 14.5. The largest absolute Gasteiger partial charge is 0.493 e. The zero-order chi connectivity index (χ0) is 17.5. The van der Waals surface area contributed by atoms with E-state index in [9.17, 15) is 4.39 Å². The Bertz CT molecular complexity index is 794. The first-order chi connectivity index (χ1) is 12.8. The third-order valence-corrected chi connectivity index (χ3v) is 5.93. The average molecular weight is 355 g/mol. The van der Waals surface area contributed by atoms with Gasteiger partial charge in [0.15, 0.2) is 11.5 Å². The minimum Gasteiger partial charge on any atom is -0.493 e. The van der Waals surface area contributed by atoms with Crippen molar-refractivity contribution in [3.05, 3.63) is 53.8 Å². The second kappa shape index (κ2) is 6.47. The van der Waals surface area contributed by atoms with Crippen LogP contribution < -0.4 is 19.5 Å². The van der Waals surface area contributed by atoms with Crippen molar-refractivity contribution in [2.75, 3.05) is 13.4 Å². The molecule has 2 fully saturated rings. The highest BCUT2D eigenvalue weighted by molar-refractivity contribution is 5.46. The van der Waals surface area contributed by atoms with Gasteiger partial charge < -0.3 is 19.5 Å². The molecule has 0 unspecified atom stereocenters. The van der Waals surface area contributed by atoms with E-state index in [0.29, 0.717) is 30.5 Å². The molecule has 5 heteroatoms. The Balaban J connectivity index is 1.35. The fraction of sp³-hybridized carbons (Fsp3) is 0.429. The lowest BCUT2D eigenvalue weighted by atomic mass is 9.77. The highest BCUT2D eigenvalue weighted by atomic mass is 19.1. The van der Waals surface area contributed by atoms with Gasteiger partial charge in [0.1, 0.15) is 11.6 Å². The van der Waals surface area contributed by atoms with Crippen molar-refractivity contribution < 1.29 is 18.6 Å². The second-order valence-electron chi connectivity index (χ2n) is 7.43. The van der Waals surface area contributed by atoms with Crippen LogP contribution in [0, 0.1) is 11.7 Å². The minimum atomic E-state index is -0.182. The number of hydrogen-bond donors (Lipinski definition) is 1. The van der Waals surface area contributed by atoms with Gasteiger partial charge in [-0.25, -0.2) is 4.39 Å². The molecule has 4 nitrogen and oxygen atoms in total. The van der Waals surface area contributed by atoms with Crippen molar-refractivity contribution >= 4 is 0 Å². The van der Waals surface area contributed by atoms with Gasteiger partial charge in [-0.05, 0) is 55.0 Å². The summed E-state index contributed by atoms with van der Waals surface area (Å²) in [5, 5.41) is 3.73. The van der Waals surface area contributed by atoms with E-state index in [-0.39, 0.29) is 12.6 Å². The second-order valence-corrected chi connectivity index (χ2v) is 7.43. The van der Waals surface area contributed by atoms with Crippen molar-refractivity contribution in [2.24, 2.45) is 5.92 Å². The molecule has 5 rings (SSSR count). The number of halogens is 1. The standard InChI is InChI=1S/C21H22FNO3/c22-14-3-1-13(2-4-14)17-9-15-5-7-19(23-15)18(17)11-24-16-6-8-20-21(10-16)26-12-25-20/h1-4,6,8,10,15,17-19,23H,5,7,9,11-12H2/t15-,17-,18-,19+/m1/s1. The topological polar surface area (TPSA) is 39.7 Å². The molecule has 4 atom stereocenters. The summed E-state index contributed by atoms with van der Waals surface area (Å²) in [6, 6.07) is 13.7. The summed E-state index contributed by atoms with van der Waals surface area (Å²) in [6.45, 7) is 0.896. The van der Waals surface area contributed by atoms with Gasteiger partial charge in [0.05, 0.1) is 6.61 Å². The van der Waals surface area contributed by atoms with Crippen LogP contribution in [0.4, 0.5) is 4.39 Å². The molecule has 136 valence electrons. The first-order valence-electron chi connectivity index (χ1n) is 9.30. The van der Waals surface area contributed by atoms with Crippen LogP contribution in [0.15, 0.2) is 42.5 Å². The van der Waals surface area contributed by atoms with Gasteiger partial charge in [0, 0.05) is 24.1 Å². The highest BCUT2D eigenvalue weighted by Gasteiger charge is 2.42. The molecule has 2 aromatic rings. The smallest absolute Gasteiger partial charge is 0.231 e. The van der Waals surface area contributed by atoms with E-state index in [1.165, 1.54) is 18.4 Å². The maximum Gasteiger partial charge on any atom is 0.231 e. The van der Waals surface area contributed by atoms with Crippen molar-refractivity contribution in [1.29, 1.82) is 0 Å². The zero-order valence-corrected chi connectivity index (χ0v) is 14.5. The fourth-order valence-corrected chi connectivity index (χ4v) is 4.62. The van der Waals surface area contributed by atoms with Gasteiger partial charge in [-0.15, -0.1) is 0 Å². The monoisotopic (exact) mass is 355 g/mol. The molecule has 0 amide bonds. The van der Waals surface area contributed by atoms with Crippen molar-refractivity contribution in [2.45, 2.75) is 37.3 Å². The van der Waals surface area contributed by atoms with Gasteiger partial charge in [-0.2, -0.15) is 0 Å². The molecule has 0 aromatic heterocycles. The summed E-state index contributed by atoms with van der Waals surface area (Å²) in [6.07, 6.45) is 3.47. The summed E-state index contributed by atoms with van der Waals surface area (Å²) >= 11 is 0. The molecule has 26 heavy (non-hydrogen) atoms. The Labute approximate surface area is 152 Å². The number of piperidine rings is 1. The molecule has 2 saturated heterocycles. The molecule has 2 bridgehead atoms. The van der Waals surface area contributed by atoms with Crippen molar-refractivity contribution in [3.8, 4) is 17.2 Å². The van der Waals surface area contributed by atoms with Crippen LogP contribution in [-0.2, 0) is 0 Å². The van der Waals surface area contributed by atoms with Gasteiger partial charge >= 0.3 is 0 Å². The fourth-order valence-electron chi connectivity index (χ4n) is 4.62. The van der Waals surface area contributed by atoms with Gasteiger partial charge in [-0.1, -0.05) is 12.1 Å². The summed E-state index contributed by atoms with van der Waals surface area (Å²) in [7, 11) is 0. The van der Waals surface area contributed by atoms with Crippen LogP contribution in [0.1, 0.15) is 30.7 Å². The number of rotatable bonds is 4. The molecular weight excluding hydrogens is 333 g/mol. The van der Waals surface area contributed by atoms with E-state index in [0.717, 1.165) is 23.7 Å². The molecule has 2 aromatic carbocycles. The average Bonchev–Trinajstić information content (AvgIpc) is 3.28. The number of ether oxygens (including phenoxy) is 3. The summed E-state index contributed by atoms with van der Waals surface area (Å²) in [4.78, 5) is 0. The Kier molecular flexibility index (Phi) is 3.97. The number of hydrogen-bond acceptors (Lipinski definition) is 4. The summed E-state index contributed by atoms with van der Waals surface area (Å²) < 4.78 is 30.3. The van der Waals surface area contributed by atoms with Gasteiger partial charge in [0.2, 0.25) is 6.79 Å². The van der Waals surface area contributed by atoms with Crippen LogP contribution in [0.3, 0.4) is 0 Å². The minimum absolute atomic E-state index is 0.182. The molecular formula is C21H22FNO3. The molecule has 0 aliphatic carbocycles. The molecule has 3 aliphatic heterocycles. The third-order valence-electron chi connectivity index (χ3n) is 5.93. The summed E-state index contributed by atoms with van der Waals surface area (Å²) in [5.74, 6) is 2.87. The van der Waals surface area contributed by atoms with E-state index in [1.54, 1.807) is 12.1 Å². The molecule has 0 spiro atoms. The van der Waals surface area contributed by atoms with Crippen LogP contribution >= 0.6 is 0 Å². The first kappa shape index (κ1) is 15.9. The Morgan fingerprint density at radius 1 is 1.04 bits per heavy atom. The normalized spacial score (nSPS) is 29.0. The summed E-state index contributed by atoms with van der Waals surface area (Å²) in [5.41, 5.74) is 1.21. The quantitative estimate of drug-likeness (QED) is 0.904. The van der Waals surface area contributed by atoms with Crippen LogP contribution in [0.2, 0.25) is 0 Å². The van der Waals surface area contributed by atoms with Crippen LogP contribution in [0.5, 0.6) is 17.2 Å². The predicted molar refractivity (Wildman–Crippen MR) is 95.3 cm³/mol. The van der Waals surface area contributed by atoms with Gasteiger partial charge in [0.25, 0.3) is 0 Å². The maximum atomic E-state index is 13.3. The molecule has 0 saturated carbocycles.